The van der Waals surface area contributed by atoms with Gasteiger partial charge in [-0.25, -0.2) is 13.5 Å². The lowest BCUT2D eigenvalue weighted by Crippen LogP contribution is -2.25. The first-order chi connectivity index (χ1) is 15.0. The molecule has 3 aromatic rings. The van der Waals surface area contributed by atoms with E-state index in [0.717, 1.165) is 31.2 Å². The third-order valence-corrected chi connectivity index (χ3v) is 4.77. The minimum Gasteiger partial charge on any atom is -0.496 e. The first-order valence-corrected chi connectivity index (χ1v) is 9.33. The van der Waals surface area contributed by atoms with Crippen molar-refractivity contribution in [2.45, 2.75) is 25.7 Å². The molecule has 0 bridgehead atoms. The van der Waals surface area contributed by atoms with E-state index in [2.05, 4.69) is 10.4 Å². The van der Waals surface area contributed by atoms with Gasteiger partial charge in [-0.1, -0.05) is 6.07 Å². The minimum atomic E-state index is -4.57. The molecule has 0 saturated carbocycles. The monoisotopic (exact) mass is 454 g/mol. The standard InChI is InChI=1S/C21H19F5N4O2/c1-11(21(24,25)26)30-19(27)9-17(29-30)14-5-3-12(7-16(14)23)10-28-20(31)15-8-13(22)4-6-18(15)32-2/h3-9,11H,10,27H2,1-2H3,(H,28,31). The van der Waals surface area contributed by atoms with E-state index in [1.54, 1.807) is 0 Å². The van der Waals surface area contributed by atoms with Crippen LogP contribution in [0.4, 0.5) is 27.8 Å². The van der Waals surface area contributed by atoms with Crippen LogP contribution in [0.15, 0.2) is 42.5 Å². The molecule has 1 unspecified atom stereocenters. The maximum atomic E-state index is 14.6. The van der Waals surface area contributed by atoms with Gasteiger partial charge in [-0.3, -0.25) is 4.79 Å². The van der Waals surface area contributed by atoms with Crippen LogP contribution in [0.25, 0.3) is 11.3 Å². The molecule has 0 spiro atoms. The van der Waals surface area contributed by atoms with Crippen molar-refractivity contribution in [3.63, 3.8) is 0 Å². The summed E-state index contributed by atoms with van der Waals surface area (Å²) >= 11 is 0. The van der Waals surface area contributed by atoms with Gasteiger partial charge in [0.25, 0.3) is 5.91 Å². The Morgan fingerprint density at radius 1 is 1.19 bits per heavy atom. The van der Waals surface area contributed by atoms with Gasteiger partial charge in [-0.2, -0.15) is 18.3 Å². The number of nitrogen functional groups attached to an aromatic ring is 1. The maximum Gasteiger partial charge on any atom is 0.410 e. The highest BCUT2D eigenvalue weighted by atomic mass is 19.4. The highest BCUT2D eigenvalue weighted by Gasteiger charge is 2.39. The smallest absolute Gasteiger partial charge is 0.410 e. The Hall–Kier alpha value is -3.63. The molecule has 0 radical (unpaired) electrons. The Kier molecular flexibility index (Phi) is 6.37. The molecule has 32 heavy (non-hydrogen) atoms. The van der Waals surface area contributed by atoms with Crippen molar-refractivity contribution in [3.05, 3.63) is 65.2 Å². The molecule has 0 aliphatic heterocycles. The van der Waals surface area contributed by atoms with Gasteiger partial charge in [0, 0.05) is 18.2 Å². The highest BCUT2D eigenvalue weighted by Crippen LogP contribution is 2.33. The molecule has 1 aromatic heterocycles. The van der Waals surface area contributed by atoms with Crippen molar-refractivity contribution in [2.75, 3.05) is 12.8 Å². The summed E-state index contributed by atoms with van der Waals surface area (Å²) in [6, 6.07) is 6.55. The fourth-order valence-electron chi connectivity index (χ4n) is 3.00. The average molecular weight is 454 g/mol. The Bertz CT molecular complexity index is 1140. The first-order valence-electron chi connectivity index (χ1n) is 9.33. The van der Waals surface area contributed by atoms with Crippen molar-refractivity contribution in [2.24, 2.45) is 0 Å². The lowest BCUT2D eigenvalue weighted by molar-refractivity contribution is -0.164. The Labute approximate surface area is 179 Å². The van der Waals surface area contributed by atoms with Crippen LogP contribution >= 0.6 is 0 Å². The Balaban J connectivity index is 1.77. The van der Waals surface area contributed by atoms with Crippen LogP contribution in [0.5, 0.6) is 5.75 Å². The highest BCUT2D eigenvalue weighted by molar-refractivity contribution is 5.96. The summed E-state index contributed by atoms with van der Waals surface area (Å²) in [5.74, 6) is -2.09. The number of ether oxygens (including phenoxy) is 1. The van der Waals surface area contributed by atoms with Crippen molar-refractivity contribution in [1.82, 2.24) is 15.1 Å². The summed E-state index contributed by atoms with van der Waals surface area (Å²) < 4.78 is 72.5. The fourth-order valence-corrected chi connectivity index (χ4v) is 3.00. The third-order valence-electron chi connectivity index (χ3n) is 4.77. The number of benzene rings is 2. The summed E-state index contributed by atoms with van der Waals surface area (Å²) in [7, 11) is 1.33. The van der Waals surface area contributed by atoms with Gasteiger partial charge in [0.05, 0.1) is 18.4 Å². The maximum absolute atomic E-state index is 14.6. The fraction of sp³-hybridized carbons (Fsp3) is 0.238. The largest absolute Gasteiger partial charge is 0.496 e. The molecule has 2 aromatic carbocycles. The molecule has 1 amide bonds. The molecule has 1 atom stereocenters. The summed E-state index contributed by atoms with van der Waals surface area (Å²) in [6.07, 6.45) is -4.57. The van der Waals surface area contributed by atoms with E-state index < -0.39 is 29.8 Å². The number of carbonyl (C=O) groups excluding carboxylic acids is 1. The van der Waals surface area contributed by atoms with Gasteiger partial charge >= 0.3 is 6.18 Å². The van der Waals surface area contributed by atoms with Crippen LogP contribution in [0, 0.1) is 11.6 Å². The molecule has 3 N–H and O–H groups in total. The second-order valence-electron chi connectivity index (χ2n) is 6.96. The Morgan fingerprint density at radius 2 is 1.91 bits per heavy atom. The van der Waals surface area contributed by atoms with Crippen LogP contribution in [-0.4, -0.2) is 29.0 Å². The van der Waals surface area contributed by atoms with Crippen molar-refractivity contribution >= 4 is 11.7 Å². The molecule has 170 valence electrons. The van der Waals surface area contributed by atoms with Crippen LogP contribution < -0.4 is 15.8 Å². The number of anilines is 1. The van der Waals surface area contributed by atoms with E-state index in [1.807, 2.05) is 0 Å². The van der Waals surface area contributed by atoms with Gasteiger partial charge in [0.15, 0.2) is 0 Å². The van der Waals surface area contributed by atoms with Crippen LogP contribution in [0.1, 0.15) is 28.9 Å². The summed E-state index contributed by atoms with van der Waals surface area (Å²) in [5.41, 5.74) is 5.85. The van der Waals surface area contributed by atoms with Gasteiger partial charge in [0.2, 0.25) is 0 Å². The molecule has 0 fully saturated rings. The van der Waals surface area contributed by atoms with Crippen molar-refractivity contribution in [3.8, 4) is 17.0 Å². The number of hydrogen-bond acceptors (Lipinski definition) is 4. The lowest BCUT2D eigenvalue weighted by Gasteiger charge is -2.17. The SMILES string of the molecule is COc1ccc(F)cc1C(=O)NCc1ccc(-c2cc(N)n(C(C)C(F)(F)F)n2)c(F)c1. The quantitative estimate of drug-likeness (QED) is 0.539. The molecule has 6 nitrogen and oxygen atoms in total. The minimum absolute atomic E-state index is 0.0237. The number of nitrogens with two attached hydrogens (primary N) is 1. The lowest BCUT2D eigenvalue weighted by atomic mass is 10.1. The van der Waals surface area contributed by atoms with Crippen LogP contribution in [-0.2, 0) is 6.54 Å². The van der Waals surface area contributed by atoms with Gasteiger partial charge in [-0.05, 0) is 42.8 Å². The number of methoxy groups -OCH3 is 1. The molecule has 3 rings (SSSR count). The molecular formula is C21H19F5N4O2. The second kappa shape index (κ2) is 8.85. The molecule has 0 aliphatic carbocycles. The topological polar surface area (TPSA) is 82.2 Å². The predicted molar refractivity (Wildman–Crippen MR) is 107 cm³/mol. The molecular weight excluding hydrogens is 435 g/mol. The number of alkyl halides is 3. The number of nitrogens with zero attached hydrogens (tertiary/aromatic N) is 2. The van der Waals surface area contributed by atoms with Gasteiger partial charge in [0.1, 0.15) is 29.2 Å². The first kappa shape index (κ1) is 23.0. The van der Waals surface area contributed by atoms with E-state index in [1.165, 1.54) is 25.3 Å². The molecule has 0 saturated heterocycles. The summed E-state index contributed by atoms with van der Waals surface area (Å²) in [4.78, 5) is 12.3. The van der Waals surface area contributed by atoms with Crippen LogP contribution in [0.3, 0.4) is 0 Å². The zero-order valence-corrected chi connectivity index (χ0v) is 17.0. The Morgan fingerprint density at radius 3 is 2.53 bits per heavy atom. The number of halogens is 5. The zero-order valence-electron chi connectivity index (χ0n) is 17.0. The van der Waals surface area contributed by atoms with Crippen molar-refractivity contribution < 1.29 is 31.5 Å². The number of aromatic nitrogens is 2. The van der Waals surface area contributed by atoms with Crippen LogP contribution in [0.2, 0.25) is 0 Å². The molecule has 11 heteroatoms. The number of amides is 1. The number of carbonyl (C=O) groups is 1. The average Bonchev–Trinajstić information content (AvgIpc) is 3.11. The van der Waals surface area contributed by atoms with E-state index in [4.69, 9.17) is 10.5 Å². The summed E-state index contributed by atoms with van der Waals surface area (Å²) in [6.45, 7) is 0.806. The number of nitrogens with one attached hydrogen (secondary N) is 1. The molecule has 0 aliphatic rings. The van der Waals surface area contributed by atoms with E-state index in [-0.39, 0.29) is 34.9 Å². The zero-order chi connectivity index (χ0) is 23.6. The van der Waals surface area contributed by atoms with Gasteiger partial charge in [-0.15, -0.1) is 0 Å². The number of hydrogen-bond donors (Lipinski definition) is 2. The van der Waals surface area contributed by atoms with Crippen molar-refractivity contribution in [1.29, 1.82) is 0 Å². The van der Waals surface area contributed by atoms with E-state index >= 15 is 0 Å². The van der Waals surface area contributed by atoms with E-state index in [9.17, 15) is 26.7 Å². The van der Waals surface area contributed by atoms with E-state index in [0.29, 0.717) is 10.2 Å². The van der Waals surface area contributed by atoms with Gasteiger partial charge < -0.3 is 15.8 Å². The third kappa shape index (κ3) is 4.82. The molecule has 1 heterocycles. The normalized spacial score (nSPS) is 12.5. The summed E-state index contributed by atoms with van der Waals surface area (Å²) in [5, 5.41) is 6.32. The second-order valence-corrected chi connectivity index (χ2v) is 6.96. The number of rotatable bonds is 6. The predicted octanol–water partition coefficient (Wildman–Crippen LogP) is 4.47.